The van der Waals surface area contributed by atoms with E-state index in [1.54, 1.807) is 18.2 Å². The maximum atomic E-state index is 12.7. The molecule has 2 atom stereocenters. The Hall–Kier alpha value is -2.48. The predicted molar refractivity (Wildman–Crippen MR) is 94.9 cm³/mol. The summed E-state index contributed by atoms with van der Waals surface area (Å²) in [6.07, 6.45) is -0.883. The summed E-state index contributed by atoms with van der Waals surface area (Å²) in [5.74, 6) is 0.609. The minimum absolute atomic E-state index is 0.0473. The van der Waals surface area contributed by atoms with Gasteiger partial charge in [0.1, 0.15) is 11.5 Å². The molecular weight excluding hydrogens is 340 g/mol. The largest absolute Gasteiger partial charge is 0.494 e. The lowest BCUT2D eigenvalue weighted by Gasteiger charge is -2.25. The Bertz CT molecular complexity index is 612. The summed E-state index contributed by atoms with van der Waals surface area (Å²) in [5, 5.41) is 22.2. The SMILES string of the molecule is CCOc1cc(OCC)cc(C(=O)N[C@@H]2CN(C(=O)O)CCC[C@H]2O)c1. The summed E-state index contributed by atoms with van der Waals surface area (Å²) in [6.45, 7) is 4.97. The highest BCUT2D eigenvalue weighted by Gasteiger charge is 2.29. The highest BCUT2D eigenvalue weighted by atomic mass is 16.5. The fraction of sp³-hybridized carbons (Fsp3) is 0.556. The predicted octanol–water partition coefficient (Wildman–Crippen LogP) is 1.72. The molecule has 0 saturated carbocycles. The van der Waals surface area contributed by atoms with Crippen molar-refractivity contribution in [1.29, 1.82) is 0 Å². The Morgan fingerprint density at radius 3 is 2.35 bits per heavy atom. The van der Waals surface area contributed by atoms with Crippen LogP contribution in [-0.2, 0) is 0 Å². The van der Waals surface area contributed by atoms with Crippen molar-refractivity contribution >= 4 is 12.0 Å². The molecule has 2 amide bonds. The van der Waals surface area contributed by atoms with Crippen molar-refractivity contribution in [2.45, 2.75) is 38.8 Å². The van der Waals surface area contributed by atoms with Crippen molar-refractivity contribution in [1.82, 2.24) is 10.2 Å². The second-order valence-electron chi connectivity index (χ2n) is 6.08. The van der Waals surface area contributed by atoms with Gasteiger partial charge >= 0.3 is 6.09 Å². The van der Waals surface area contributed by atoms with Gasteiger partial charge in [-0.05, 0) is 38.8 Å². The number of nitrogens with zero attached hydrogens (tertiary/aromatic N) is 1. The Balaban J connectivity index is 2.17. The molecule has 1 aromatic rings. The average molecular weight is 366 g/mol. The molecule has 0 bridgehead atoms. The Labute approximate surface area is 152 Å². The summed E-state index contributed by atoms with van der Waals surface area (Å²) in [6, 6.07) is 4.22. The third-order valence-electron chi connectivity index (χ3n) is 4.16. The molecule has 1 aromatic carbocycles. The normalized spacial score (nSPS) is 20.2. The van der Waals surface area contributed by atoms with Crippen LogP contribution in [0.15, 0.2) is 18.2 Å². The van der Waals surface area contributed by atoms with Crippen molar-refractivity contribution < 1.29 is 29.3 Å². The highest BCUT2D eigenvalue weighted by Crippen LogP contribution is 2.23. The Kier molecular flexibility index (Phi) is 7.08. The number of ether oxygens (including phenoxy) is 2. The third kappa shape index (κ3) is 5.26. The lowest BCUT2D eigenvalue weighted by molar-refractivity contribution is 0.0791. The molecule has 0 aliphatic carbocycles. The van der Waals surface area contributed by atoms with Crippen LogP contribution in [0.2, 0.25) is 0 Å². The monoisotopic (exact) mass is 366 g/mol. The number of likely N-dealkylation sites (tertiary alicyclic amines) is 1. The molecule has 8 heteroatoms. The number of rotatable bonds is 6. The van der Waals surface area contributed by atoms with Crippen LogP contribution in [0.1, 0.15) is 37.0 Å². The maximum Gasteiger partial charge on any atom is 0.407 e. The smallest absolute Gasteiger partial charge is 0.407 e. The zero-order valence-corrected chi connectivity index (χ0v) is 15.1. The first-order valence-electron chi connectivity index (χ1n) is 8.82. The molecule has 1 heterocycles. The fourth-order valence-corrected chi connectivity index (χ4v) is 2.91. The molecule has 0 aromatic heterocycles. The quantitative estimate of drug-likeness (QED) is 0.707. The standard InChI is InChI=1S/C18H26N2O6/c1-3-25-13-8-12(9-14(10-13)26-4-2)17(22)19-15-11-20(18(23)24)7-5-6-16(15)21/h8-10,15-16,21H,3-7,11H2,1-2H3,(H,19,22)(H,23,24)/t15-,16-/m1/s1. The van der Waals surface area contributed by atoms with Crippen LogP contribution in [0.5, 0.6) is 11.5 Å². The summed E-state index contributed by atoms with van der Waals surface area (Å²) >= 11 is 0. The van der Waals surface area contributed by atoms with E-state index in [2.05, 4.69) is 5.32 Å². The van der Waals surface area contributed by atoms with E-state index in [9.17, 15) is 19.8 Å². The summed E-state index contributed by atoms with van der Waals surface area (Å²) in [7, 11) is 0. The molecule has 0 unspecified atom stereocenters. The lowest BCUT2D eigenvalue weighted by atomic mass is 10.1. The van der Waals surface area contributed by atoms with E-state index in [0.717, 1.165) is 0 Å². The van der Waals surface area contributed by atoms with E-state index in [1.807, 2.05) is 13.8 Å². The van der Waals surface area contributed by atoms with Gasteiger partial charge in [-0.2, -0.15) is 0 Å². The number of hydrogen-bond acceptors (Lipinski definition) is 5. The van der Waals surface area contributed by atoms with Crippen LogP contribution in [0.3, 0.4) is 0 Å². The number of carbonyl (C=O) groups is 2. The molecule has 0 radical (unpaired) electrons. The van der Waals surface area contributed by atoms with Gasteiger partial charge in [0.05, 0.1) is 25.4 Å². The Morgan fingerprint density at radius 2 is 1.81 bits per heavy atom. The van der Waals surface area contributed by atoms with Gasteiger partial charge in [-0.1, -0.05) is 0 Å². The number of amides is 2. The van der Waals surface area contributed by atoms with Crippen LogP contribution in [0.25, 0.3) is 0 Å². The molecule has 26 heavy (non-hydrogen) atoms. The molecule has 1 aliphatic rings. The van der Waals surface area contributed by atoms with Crippen LogP contribution in [0.4, 0.5) is 4.79 Å². The number of nitrogens with one attached hydrogen (secondary N) is 1. The molecule has 0 spiro atoms. The zero-order chi connectivity index (χ0) is 19.1. The van der Waals surface area contributed by atoms with E-state index < -0.39 is 24.1 Å². The van der Waals surface area contributed by atoms with Crippen molar-refractivity contribution in [3.05, 3.63) is 23.8 Å². The van der Waals surface area contributed by atoms with Gasteiger partial charge in [0, 0.05) is 24.7 Å². The molecule has 2 rings (SSSR count). The van der Waals surface area contributed by atoms with Gasteiger partial charge < -0.3 is 29.9 Å². The molecule has 1 saturated heterocycles. The first-order valence-corrected chi connectivity index (χ1v) is 8.82. The summed E-state index contributed by atoms with van der Waals surface area (Å²) < 4.78 is 10.9. The van der Waals surface area contributed by atoms with Gasteiger partial charge in [-0.25, -0.2) is 4.79 Å². The molecule has 8 nitrogen and oxygen atoms in total. The first-order chi connectivity index (χ1) is 12.4. The van der Waals surface area contributed by atoms with Gasteiger partial charge in [-0.3, -0.25) is 4.79 Å². The van der Waals surface area contributed by atoms with E-state index in [4.69, 9.17) is 9.47 Å². The zero-order valence-electron chi connectivity index (χ0n) is 15.1. The van der Waals surface area contributed by atoms with Crippen LogP contribution in [0, 0.1) is 0 Å². The Morgan fingerprint density at radius 1 is 1.19 bits per heavy atom. The number of aliphatic hydroxyl groups excluding tert-OH is 1. The average Bonchev–Trinajstić information content (AvgIpc) is 2.77. The number of carbonyl (C=O) groups excluding carboxylic acids is 1. The van der Waals surface area contributed by atoms with Crippen LogP contribution in [-0.4, -0.2) is 65.6 Å². The molecule has 1 aliphatic heterocycles. The van der Waals surface area contributed by atoms with Gasteiger partial charge in [0.25, 0.3) is 5.91 Å². The molecule has 1 fully saturated rings. The van der Waals surface area contributed by atoms with Crippen molar-refractivity contribution in [3.8, 4) is 11.5 Å². The van der Waals surface area contributed by atoms with E-state index in [-0.39, 0.29) is 6.54 Å². The van der Waals surface area contributed by atoms with Gasteiger partial charge in [-0.15, -0.1) is 0 Å². The number of hydrogen-bond donors (Lipinski definition) is 3. The number of aliphatic hydroxyl groups is 1. The molecular formula is C18H26N2O6. The maximum absolute atomic E-state index is 12.7. The minimum Gasteiger partial charge on any atom is -0.494 e. The van der Waals surface area contributed by atoms with E-state index in [0.29, 0.717) is 49.7 Å². The summed E-state index contributed by atoms with van der Waals surface area (Å²) in [5.41, 5.74) is 0.331. The van der Waals surface area contributed by atoms with Crippen molar-refractivity contribution in [2.75, 3.05) is 26.3 Å². The fourth-order valence-electron chi connectivity index (χ4n) is 2.91. The van der Waals surface area contributed by atoms with E-state index in [1.165, 1.54) is 4.90 Å². The van der Waals surface area contributed by atoms with Crippen molar-refractivity contribution in [2.24, 2.45) is 0 Å². The van der Waals surface area contributed by atoms with Crippen LogP contribution >= 0.6 is 0 Å². The minimum atomic E-state index is -1.06. The lowest BCUT2D eigenvalue weighted by Crippen LogP contribution is -2.49. The highest BCUT2D eigenvalue weighted by molar-refractivity contribution is 5.95. The van der Waals surface area contributed by atoms with Crippen LogP contribution < -0.4 is 14.8 Å². The third-order valence-corrected chi connectivity index (χ3v) is 4.16. The molecule has 3 N–H and O–H groups in total. The van der Waals surface area contributed by atoms with Crippen molar-refractivity contribution in [3.63, 3.8) is 0 Å². The van der Waals surface area contributed by atoms with E-state index >= 15 is 0 Å². The summed E-state index contributed by atoms with van der Waals surface area (Å²) in [4.78, 5) is 25.1. The van der Waals surface area contributed by atoms with Gasteiger partial charge in [0.15, 0.2) is 0 Å². The number of benzene rings is 1. The molecule has 144 valence electrons. The number of carboxylic acid groups (broad SMARTS) is 1. The topological polar surface area (TPSA) is 108 Å². The van der Waals surface area contributed by atoms with Gasteiger partial charge in [0.2, 0.25) is 0 Å². The second kappa shape index (κ2) is 9.28. The second-order valence-corrected chi connectivity index (χ2v) is 6.08. The first kappa shape index (κ1) is 19.8.